The van der Waals surface area contributed by atoms with E-state index >= 15 is 0 Å². The van der Waals surface area contributed by atoms with E-state index in [-0.39, 0.29) is 13.1 Å². The second kappa shape index (κ2) is 3.18. The van der Waals surface area contributed by atoms with Crippen LogP contribution in [-0.2, 0) is 13.1 Å². The van der Waals surface area contributed by atoms with Crippen LogP contribution >= 0.6 is 0 Å². The summed E-state index contributed by atoms with van der Waals surface area (Å²) in [6.07, 6.45) is 1.38. The first-order chi connectivity index (χ1) is 5.53. The van der Waals surface area contributed by atoms with Crippen molar-refractivity contribution in [2.75, 3.05) is 0 Å². The van der Waals surface area contributed by atoms with E-state index in [9.17, 15) is 4.39 Å². The monoisotopic (exact) mass is 172 g/mol. The highest BCUT2D eigenvalue weighted by molar-refractivity contribution is 4.84. The minimum atomic E-state index is -1.28. The third kappa shape index (κ3) is 2.27. The molecule has 0 unspecified atom stereocenters. The first kappa shape index (κ1) is 9.12. The van der Waals surface area contributed by atoms with Crippen molar-refractivity contribution < 1.29 is 4.39 Å². The van der Waals surface area contributed by atoms with Crippen LogP contribution in [0.1, 0.15) is 19.7 Å². The first-order valence-electron chi connectivity index (χ1n) is 3.78. The van der Waals surface area contributed by atoms with Gasteiger partial charge in [-0.1, -0.05) is 0 Å². The lowest BCUT2D eigenvalue weighted by Gasteiger charge is -2.14. The van der Waals surface area contributed by atoms with Crippen LogP contribution in [0.2, 0.25) is 0 Å². The highest BCUT2D eigenvalue weighted by atomic mass is 19.1. The van der Waals surface area contributed by atoms with Gasteiger partial charge in [0.1, 0.15) is 17.8 Å². The van der Waals surface area contributed by atoms with Crippen LogP contribution in [0, 0.1) is 0 Å². The van der Waals surface area contributed by atoms with Crippen LogP contribution in [0.5, 0.6) is 0 Å². The number of rotatable bonds is 3. The van der Waals surface area contributed by atoms with Gasteiger partial charge in [-0.15, -0.1) is 0 Å². The Kier molecular flexibility index (Phi) is 2.42. The maximum atomic E-state index is 13.1. The van der Waals surface area contributed by atoms with Crippen LogP contribution in [0.3, 0.4) is 0 Å². The molecule has 4 nitrogen and oxygen atoms in total. The number of halogens is 1. The molecule has 0 saturated heterocycles. The Bertz CT molecular complexity index is 250. The van der Waals surface area contributed by atoms with Crippen LogP contribution in [0.4, 0.5) is 4.39 Å². The normalized spacial score (nSPS) is 12.0. The smallest absolute Gasteiger partial charge is 0.140 e. The Morgan fingerprint density at radius 1 is 1.67 bits per heavy atom. The summed E-state index contributed by atoms with van der Waals surface area (Å²) in [5.41, 5.74) is 4.09. The number of nitrogens with zero attached hydrogens (tertiary/aromatic N) is 3. The molecule has 68 valence electrons. The Balaban J connectivity index is 2.75. The van der Waals surface area contributed by atoms with Gasteiger partial charge in [0.2, 0.25) is 0 Å². The van der Waals surface area contributed by atoms with Crippen LogP contribution < -0.4 is 5.73 Å². The summed E-state index contributed by atoms with van der Waals surface area (Å²) >= 11 is 0. The predicted octanol–water partition coefficient (Wildman–Crippen LogP) is 0.485. The lowest BCUT2D eigenvalue weighted by molar-refractivity contribution is 0.177. The van der Waals surface area contributed by atoms with Crippen LogP contribution in [0.15, 0.2) is 6.33 Å². The highest BCUT2D eigenvalue weighted by Gasteiger charge is 2.18. The fourth-order valence-electron chi connectivity index (χ4n) is 0.934. The average molecular weight is 172 g/mol. The largest absolute Gasteiger partial charge is 0.324 e. The molecule has 1 rings (SSSR count). The molecule has 0 amide bonds. The lowest BCUT2D eigenvalue weighted by atomic mass is 10.2. The number of aromatic nitrogens is 3. The SMILES string of the molecule is CC(C)(F)Cn1ncnc1CN. The Labute approximate surface area is 70.6 Å². The van der Waals surface area contributed by atoms with Crippen molar-refractivity contribution >= 4 is 0 Å². The molecule has 0 aliphatic heterocycles. The minimum Gasteiger partial charge on any atom is -0.324 e. The summed E-state index contributed by atoms with van der Waals surface area (Å²) in [6, 6.07) is 0. The van der Waals surface area contributed by atoms with Gasteiger partial charge in [0.15, 0.2) is 0 Å². The van der Waals surface area contributed by atoms with Crippen molar-refractivity contribution in [2.45, 2.75) is 32.6 Å². The fraction of sp³-hybridized carbons (Fsp3) is 0.714. The molecular formula is C7H13FN4. The first-order valence-corrected chi connectivity index (χ1v) is 3.78. The van der Waals surface area contributed by atoms with Crippen molar-refractivity contribution in [3.8, 4) is 0 Å². The number of nitrogens with two attached hydrogens (primary N) is 1. The number of hydrogen-bond donors (Lipinski definition) is 1. The summed E-state index contributed by atoms with van der Waals surface area (Å²) < 4.78 is 14.6. The Hall–Kier alpha value is -0.970. The van der Waals surface area contributed by atoms with E-state index in [1.165, 1.54) is 24.9 Å². The van der Waals surface area contributed by atoms with Gasteiger partial charge in [0.25, 0.3) is 0 Å². The van der Waals surface area contributed by atoms with Gasteiger partial charge < -0.3 is 5.73 Å². The zero-order valence-electron chi connectivity index (χ0n) is 7.29. The van der Waals surface area contributed by atoms with Gasteiger partial charge in [0.05, 0.1) is 13.1 Å². The van der Waals surface area contributed by atoms with Gasteiger partial charge >= 0.3 is 0 Å². The molecule has 0 aliphatic rings. The molecule has 1 heterocycles. The second-order valence-corrected chi connectivity index (χ2v) is 3.26. The second-order valence-electron chi connectivity index (χ2n) is 3.26. The van der Waals surface area contributed by atoms with Crippen molar-refractivity contribution in [1.29, 1.82) is 0 Å². The molecule has 0 atom stereocenters. The quantitative estimate of drug-likeness (QED) is 0.721. The van der Waals surface area contributed by atoms with Gasteiger partial charge in [0, 0.05) is 0 Å². The number of hydrogen-bond acceptors (Lipinski definition) is 3. The maximum Gasteiger partial charge on any atom is 0.140 e. The van der Waals surface area contributed by atoms with Gasteiger partial charge in [-0.25, -0.2) is 14.1 Å². The molecule has 0 spiro atoms. The topological polar surface area (TPSA) is 56.7 Å². The van der Waals surface area contributed by atoms with Crippen LogP contribution in [0.25, 0.3) is 0 Å². The van der Waals surface area contributed by atoms with E-state index in [2.05, 4.69) is 10.1 Å². The standard InChI is InChI=1S/C7H13FN4/c1-7(2,8)4-12-6(3-9)10-5-11-12/h5H,3-4,9H2,1-2H3. The lowest BCUT2D eigenvalue weighted by Crippen LogP contribution is -2.24. The molecule has 0 fully saturated rings. The molecule has 0 radical (unpaired) electrons. The van der Waals surface area contributed by atoms with Gasteiger partial charge in [-0.3, -0.25) is 0 Å². The van der Waals surface area contributed by atoms with E-state index < -0.39 is 5.67 Å². The molecular weight excluding hydrogens is 159 g/mol. The van der Waals surface area contributed by atoms with Crippen molar-refractivity contribution in [3.63, 3.8) is 0 Å². The van der Waals surface area contributed by atoms with Crippen molar-refractivity contribution in [3.05, 3.63) is 12.2 Å². The van der Waals surface area contributed by atoms with Gasteiger partial charge in [-0.2, -0.15) is 5.10 Å². The minimum absolute atomic E-state index is 0.194. The molecule has 5 heteroatoms. The zero-order chi connectivity index (χ0) is 9.19. The predicted molar refractivity (Wildman–Crippen MR) is 43.1 cm³/mol. The van der Waals surface area contributed by atoms with E-state index in [0.29, 0.717) is 5.82 Å². The molecule has 12 heavy (non-hydrogen) atoms. The maximum absolute atomic E-state index is 13.1. The van der Waals surface area contributed by atoms with E-state index in [1.54, 1.807) is 0 Å². The molecule has 0 saturated carbocycles. The van der Waals surface area contributed by atoms with Crippen molar-refractivity contribution in [2.24, 2.45) is 5.73 Å². The van der Waals surface area contributed by atoms with Crippen LogP contribution in [-0.4, -0.2) is 20.4 Å². The fourth-order valence-corrected chi connectivity index (χ4v) is 0.934. The molecule has 0 bridgehead atoms. The summed E-state index contributed by atoms with van der Waals surface area (Å²) in [5.74, 6) is 0.612. The third-order valence-corrected chi connectivity index (χ3v) is 1.40. The third-order valence-electron chi connectivity index (χ3n) is 1.40. The highest BCUT2D eigenvalue weighted by Crippen LogP contribution is 2.11. The average Bonchev–Trinajstić information content (AvgIpc) is 2.31. The van der Waals surface area contributed by atoms with E-state index in [1.807, 2.05) is 0 Å². The van der Waals surface area contributed by atoms with Crippen molar-refractivity contribution in [1.82, 2.24) is 14.8 Å². The zero-order valence-corrected chi connectivity index (χ0v) is 7.29. The molecule has 2 N–H and O–H groups in total. The van der Waals surface area contributed by atoms with Gasteiger partial charge in [-0.05, 0) is 13.8 Å². The Morgan fingerprint density at radius 2 is 2.33 bits per heavy atom. The van der Waals surface area contributed by atoms with E-state index in [0.717, 1.165) is 0 Å². The molecule has 1 aromatic heterocycles. The molecule has 0 aliphatic carbocycles. The summed E-state index contributed by atoms with van der Waals surface area (Å²) in [4.78, 5) is 3.88. The Morgan fingerprint density at radius 3 is 2.83 bits per heavy atom. The number of alkyl halides is 1. The van der Waals surface area contributed by atoms with E-state index in [4.69, 9.17) is 5.73 Å². The molecule has 1 aromatic rings. The summed E-state index contributed by atoms with van der Waals surface area (Å²) in [7, 11) is 0. The summed E-state index contributed by atoms with van der Waals surface area (Å²) in [6.45, 7) is 3.47. The summed E-state index contributed by atoms with van der Waals surface area (Å²) in [5, 5.41) is 3.86. The molecule has 0 aromatic carbocycles.